The molecule has 3 aliphatic carbocycles. The molecule has 1 aromatic carbocycles. The van der Waals surface area contributed by atoms with Crippen LogP contribution in [0.1, 0.15) is 103 Å². The van der Waals surface area contributed by atoms with Crippen molar-refractivity contribution in [1.29, 1.82) is 0 Å². The highest BCUT2D eigenvalue weighted by Crippen LogP contribution is 2.37. The Labute approximate surface area is 239 Å². The number of ether oxygens (including phenoxy) is 1. The molecule has 0 N–H and O–H groups in total. The van der Waals surface area contributed by atoms with Crippen LogP contribution in [0.3, 0.4) is 0 Å². The smallest absolute Gasteiger partial charge is 0.345 e. The minimum Gasteiger partial charge on any atom is -0.461 e. The highest BCUT2D eigenvalue weighted by Gasteiger charge is 2.38. The summed E-state index contributed by atoms with van der Waals surface area (Å²) in [7, 11) is 0. The summed E-state index contributed by atoms with van der Waals surface area (Å²) < 4.78 is 6.10. The maximum atomic E-state index is 14.1. The molecule has 218 valence electrons. The molecule has 1 heterocycles. The van der Waals surface area contributed by atoms with E-state index in [0.717, 1.165) is 87.6 Å². The van der Waals surface area contributed by atoms with Crippen molar-refractivity contribution in [1.82, 2.24) is 5.01 Å². The van der Waals surface area contributed by atoms with Gasteiger partial charge in [-0.3, -0.25) is 14.5 Å². The zero-order chi connectivity index (χ0) is 28.2. The van der Waals surface area contributed by atoms with Crippen molar-refractivity contribution in [3.05, 3.63) is 29.8 Å². The first kappa shape index (κ1) is 28.8. The highest BCUT2D eigenvalue weighted by atomic mass is 16.5. The van der Waals surface area contributed by atoms with Crippen molar-refractivity contribution >= 4 is 29.2 Å². The van der Waals surface area contributed by atoms with Crippen molar-refractivity contribution in [3.63, 3.8) is 0 Å². The largest absolute Gasteiger partial charge is 0.461 e. The number of hydrogen-bond acceptors (Lipinski definition) is 5. The summed E-state index contributed by atoms with van der Waals surface area (Å²) in [4.78, 5) is 42.5. The van der Waals surface area contributed by atoms with Gasteiger partial charge in [-0.1, -0.05) is 77.5 Å². The molecule has 3 fully saturated rings. The zero-order valence-corrected chi connectivity index (χ0v) is 24.6. The molecule has 0 radical (unpaired) electrons. The topological polar surface area (TPSA) is 79.3 Å². The fraction of sp³-hybridized carbons (Fsp3) is 0.697. The van der Waals surface area contributed by atoms with Crippen molar-refractivity contribution < 1.29 is 19.1 Å². The predicted octanol–water partition coefficient (Wildman–Crippen LogP) is 6.98. The van der Waals surface area contributed by atoms with Crippen LogP contribution < -0.4 is 4.90 Å². The van der Waals surface area contributed by atoms with E-state index >= 15 is 0 Å². The lowest BCUT2D eigenvalue weighted by Gasteiger charge is -2.37. The number of esters is 1. The van der Waals surface area contributed by atoms with E-state index in [1.54, 1.807) is 4.90 Å². The van der Waals surface area contributed by atoms with Gasteiger partial charge in [-0.15, -0.1) is 0 Å². The van der Waals surface area contributed by atoms with E-state index in [1.165, 1.54) is 11.4 Å². The molecule has 3 atom stereocenters. The summed E-state index contributed by atoms with van der Waals surface area (Å²) in [6, 6.07) is 7.41. The average Bonchev–Trinajstić information content (AvgIpc) is 3.46. The normalized spacial score (nSPS) is 26.4. The van der Waals surface area contributed by atoms with E-state index in [2.05, 4.69) is 20.8 Å². The number of carbonyl (C=O) groups is 3. The number of Topliss-reactive ketones (excluding diaryl/α,β-unsaturated/α-hetero) is 1. The van der Waals surface area contributed by atoms with E-state index in [1.807, 2.05) is 24.3 Å². The summed E-state index contributed by atoms with van der Waals surface area (Å²) in [6.45, 7) is 6.36. The van der Waals surface area contributed by atoms with Gasteiger partial charge in [-0.2, -0.15) is 5.10 Å². The Bertz CT molecular complexity index is 1100. The molecular formula is C33H47N3O4. The number of hydrazone groups is 1. The lowest BCUT2D eigenvalue weighted by molar-refractivity contribution is -0.156. The Morgan fingerprint density at radius 3 is 2.38 bits per heavy atom. The van der Waals surface area contributed by atoms with Gasteiger partial charge in [0.25, 0.3) is 0 Å². The second kappa shape index (κ2) is 12.9. The van der Waals surface area contributed by atoms with Crippen LogP contribution in [-0.2, 0) is 14.3 Å². The third-order valence-corrected chi connectivity index (χ3v) is 9.79. The first-order chi connectivity index (χ1) is 19.3. The van der Waals surface area contributed by atoms with Gasteiger partial charge in [0, 0.05) is 17.4 Å². The lowest BCUT2D eigenvalue weighted by Crippen LogP contribution is -2.46. The van der Waals surface area contributed by atoms with E-state index in [-0.39, 0.29) is 36.8 Å². The van der Waals surface area contributed by atoms with Gasteiger partial charge in [0.2, 0.25) is 0 Å². The Hall–Kier alpha value is -2.70. The Balaban J connectivity index is 1.43. The molecule has 0 bridgehead atoms. The molecule has 0 aromatic heterocycles. The van der Waals surface area contributed by atoms with E-state index < -0.39 is 12.0 Å². The fourth-order valence-corrected chi connectivity index (χ4v) is 7.44. The van der Waals surface area contributed by atoms with Crippen LogP contribution in [0.5, 0.6) is 0 Å². The van der Waals surface area contributed by atoms with Crippen LogP contribution in [0.25, 0.3) is 0 Å². The van der Waals surface area contributed by atoms with Gasteiger partial charge < -0.3 is 4.74 Å². The van der Waals surface area contributed by atoms with Gasteiger partial charge in [0.15, 0.2) is 5.78 Å². The minimum atomic E-state index is -0.419. The number of anilines is 1. The van der Waals surface area contributed by atoms with Gasteiger partial charge in [-0.05, 0) is 62.3 Å². The van der Waals surface area contributed by atoms with Crippen molar-refractivity contribution in [2.45, 2.75) is 104 Å². The summed E-state index contributed by atoms with van der Waals surface area (Å²) >= 11 is 0. The summed E-state index contributed by atoms with van der Waals surface area (Å²) in [5, 5.41) is 6.22. The Morgan fingerprint density at radius 2 is 1.65 bits per heavy atom. The fourth-order valence-electron chi connectivity index (χ4n) is 7.44. The predicted molar refractivity (Wildman–Crippen MR) is 157 cm³/mol. The molecule has 0 unspecified atom stereocenters. The number of rotatable bonds is 8. The molecule has 40 heavy (non-hydrogen) atoms. The van der Waals surface area contributed by atoms with E-state index in [9.17, 15) is 14.4 Å². The van der Waals surface area contributed by atoms with Crippen molar-refractivity contribution in [2.24, 2.45) is 34.7 Å². The van der Waals surface area contributed by atoms with Crippen LogP contribution in [-0.4, -0.2) is 47.7 Å². The first-order valence-electron chi connectivity index (χ1n) is 15.8. The Morgan fingerprint density at radius 1 is 0.950 bits per heavy atom. The third kappa shape index (κ3) is 6.44. The van der Waals surface area contributed by atoms with E-state index in [4.69, 9.17) is 9.84 Å². The minimum absolute atomic E-state index is 0.00150. The van der Waals surface area contributed by atoms with E-state index in [0.29, 0.717) is 17.8 Å². The van der Waals surface area contributed by atoms with Crippen molar-refractivity contribution in [2.75, 3.05) is 18.0 Å². The number of nitrogens with zero attached hydrogens (tertiary/aromatic N) is 3. The molecule has 5 rings (SSSR count). The molecule has 1 aromatic rings. The third-order valence-electron chi connectivity index (χ3n) is 9.79. The second-order valence-corrected chi connectivity index (χ2v) is 13.1. The molecule has 0 spiro atoms. The first-order valence-corrected chi connectivity index (χ1v) is 15.8. The number of hydrogen-bond donors (Lipinski definition) is 0. The lowest BCUT2D eigenvalue weighted by atomic mass is 9.75. The number of urea groups is 1. The standard InChI is InChI=1S/C33H47N3O4/c1-22(2)26-18-17-23(3)19-30(26)40-31(38)21-36-33(39)35(20-29(37)24-11-7-8-12-24)28-16-10-9-15-27(28)32(34-36)25-13-5-4-6-14-25/h9-10,15-16,22-26,30H,4-8,11-14,17-21H2,1-3H3/t23-,26+,30-/m1/s1. The van der Waals surface area contributed by atoms with Crippen LogP contribution in [0.2, 0.25) is 0 Å². The van der Waals surface area contributed by atoms with Crippen LogP contribution >= 0.6 is 0 Å². The number of benzene rings is 1. The zero-order valence-electron chi connectivity index (χ0n) is 24.6. The number of ketones is 1. The second-order valence-electron chi connectivity index (χ2n) is 13.1. The molecular weight excluding hydrogens is 502 g/mol. The van der Waals surface area contributed by atoms with Gasteiger partial charge in [-0.25, -0.2) is 9.80 Å². The molecule has 1 aliphatic heterocycles. The van der Waals surface area contributed by atoms with Gasteiger partial charge >= 0.3 is 12.0 Å². The average molecular weight is 550 g/mol. The van der Waals surface area contributed by atoms with Crippen molar-refractivity contribution in [3.8, 4) is 0 Å². The SMILES string of the molecule is CC(C)[C@@H]1CC[C@@H](C)C[C@H]1OC(=O)CN1N=C(C2CCCCC2)c2ccccc2N(CC(=O)C2CCCC2)C1=O. The Kier molecular flexibility index (Phi) is 9.27. The molecule has 3 saturated carbocycles. The summed E-state index contributed by atoms with van der Waals surface area (Å²) in [5.74, 6) is 1.16. The number of fused-ring (bicyclic) bond motifs is 1. The molecule has 7 nitrogen and oxygen atoms in total. The summed E-state index contributed by atoms with van der Waals surface area (Å²) in [5.41, 5.74) is 2.48. The summed E-state index contributed by atoms with van der Waals surface area (Å²) in [6.07, 6.45) is 12.3. The monoisotopic (exact) mass is 549 g/mol. The number of amides is 2. The number of para-hydroxylation sites is 1. The van der Waals surface area contributed by atoms with Crippen LogP contribution in [0.4, 0.5) is 10.5 Å². The van der Waals surface area contributed by atoms with Crippen LogP contribution in [0.15, 0.2) is 29.4 Å². The molecule has 2 amide bonds. The quantitative estimate of drug-likeness (QED) is 0.328. The molecule has 0 saturated heterocycles. The molecule has 4 aliphatic rings. The number of carbonyl (C=O) groups excluding carboxylic acids is 3. The maximum absolute atomic E-state index is 14.1. The molecule has 7 heteroatoms. The van der Waals surface area contributed by atoms with Crippen LogP contribution in [0, 0.1) is 29.6 Å². The maximum Gasteiger partial charge on any atom is 0.345 e. The highest BCUT2D eigenvalue weighted by molar-refractivity contribution is 6.13. The van der Waals surface area contributed by atoms with Gasteiger partial charge in [0.05, 0.1) is 17.9 Å². The van der Waals surface area contributed by atoms with Gasteiger partial charge in [0.1, 0.15) is 12.6 Å².